The van der Waals surface area contributed by atoms with Crippen molar-refractivity contribution in [1.29, 1.82) is 0 Å². The van der Waals surface area contributed by atoms with E-state index in [0.29, 0.717) is 19.4 Å². The van der Waals surface area contributed by atoms with E-state index >= 15 is 0 Å². The van der Waals surface area contributed by atoms with Crippen LogP contribution in [0.2, 0.25) is 0 Å². The van der Waals surface area contributed by atoms with Gasteiger partial charge in [-0.05, 0) is 83.5 Å². The Morgan fingerprint density at radius 2 is 0.635 bits per heavy atom. The topological polar surface area (TPSA) is 95.9 Å². The first-order valence-electron chi connectivity index (χ1n) is 33.3. The minimum Gasteiger partial charge on any atom is -0.466 e. The lowest BCUT2D eigenvalue weighted by Crippen LogP contribution is -2.45. The summed E-state index contributed by atoms with van der Waals surface area (Å²) in [6.07, 6.45) is 80.5. The summed E-state index contributed by atoms with van der Waals surface area (Å²) in [6, 6.07) is -0.635. The number of carbonyl (C=O) groups excluding carboxylic acids is 2. The second-order valence-corrected chi connectivity index (χ2v) is 22.8. The van der Waals surface area contributed by atoms with Crippen LogP contribution in [-0.4, -0.2) is 47.4 Å². The molecule has 2 unspecified atom stereocenters. The predicted octanol–water partition coefficient (Wildman–Crippen LogP) is 21.1. The van der Waals surface area contributed by atoms with Crippen molar-refractivity contribution in [3.8, 4) is 0 Å². The zero-order chi connectivity index (χ0) is 53.6. The zero-order valence-corrected chi connectivity index (χ0v) is 49.8. The Bertz CT molecular complexity index is 1200. The first kappa shape index (κ1) is 72.1. The third kappa shape index (κ3) is 59.3. The number of aliphatic hydroxyl groups is 2. The zero-order valence-electron chi connectivity index (χ0n) is 49.8. The summed E-state index contributed by atoms with van der Waals surface area (Å²) in [5, 5.41) is 23.2. The molecule has 1 amide bonds. The molecule has 0 spiro atoms. The lowest BCUT2D eigenvalue weighted by Gasteiger charge is -2.20. The molecule has 0 heterocycles. The fourth-order valence-electron chi connectivity index (χ4n) is 10.3. The van der Waals surface area contributed by atoms with E-state index in [1.54, 1.807) is 6.08 Å². The van der Waals surface area contributed by atoms with Crippen LogP contribution in [0.15, 0.2) is 36.5 Å². The van der Waals surface area contributed by atoms with Crippen molar-refractivity contribution in [2.24, 2.45) is 0 Å². The Balaban J connectivity index is 3.46. The van der Waals surface area contributed by atoms with Crippen molar-refractivity contribution in [3.63, 3.8) is 0 Å². The molecule has 0 saturated heterocycles. The van der Waals surface area contributed by atoms with Crippen molar-refractivity contribution < 1.29 is 24.5 Å². The molecule has 6 nitrogen and oxygen atoms in total. The Labute approximate surface area is 462 Å². The van der Waals surface area contributed by atoms with E-state index in [9.17, 15) is 19.8 Å². The number of aliphatic hydroxyl groups excluding tert-OH is 2. The van der Waals surface area contributed by atoms with Crippen molar-refractivity contribution in [3.05, 3.63) is 36.5 Å². The SMILES string of the molecule is CCCCCCCC/C=C\CCCCCCCC(=O)OCCCCCCCCCCCC/C=C\CCCCCCCCCC(=O)NC(CO)C(O)/C=C/CCCCCCCCCCCCCCCCCCCCC. The van der Waals surface area contributed by atoms with E-state index < -0.39 is 12.1 Å². The summed E-state index contributed by atoms with van der Waals surface area (Å²) >= 11 is 0. The second-order valence-electron chi connectivity index (χ2n) is 22.8. The summed E-state index contributed by atoms with van der Waals surface area (Å²) < 4.78 is 5.48. The molecule has 0 aliphatic rings. The number of carbonyl (C=O) groups is 2. The van der Waals surface area contributed by atoms with Crippen LogP contribution in [0.25, 0.3) is 0 Å². The molecular formula is C68H129NO5. The molecular weight excluding hydrogens is 911 g/mol. The van der Waals surface area contributed by atoms with E-state index in [2.05, 4.69) is 43.5 Å². The third-order valence-corrected chi connectivity index (χ3v) is 15.4. The van der Waals surface area contributed by atoms with Crippen molar-refractivity contribution in [2.75, 3.05) is 13.2 Å². The van der Waals surface area contributed by atoms with Crippen LogP contribution in [0.3, 0.4) is 0 Å². The number of esters is 1. The van der Waals surface area contributed by atoms with Crippen LogP contribution in [0.5, 0.6) is 0 Å². The number of nitrogens with one attached hydrogen (secondary N) is 1. The van der Waals surface area contributed by atoms with Gasteiger partial charge in [0.2, 0.25) is 5.91 Å². The molecule has 0 saturated carbocycles. The van der Waals surface area contributed by atoms with Crippen molar-refractivity contribution >= 4 is 11.9 Å². The number of hydrogen-bond acceptors (Lipinski definition) is 5. The lowest BCUT2D eigenvalue weighted by atomic mass is 10.0. The van der Waals surface area contributed by atoms with Gasteiger partial charge in [-0.1, -0.05) is 301 Å². The number of allylic oxidation sites excluding steroid dienone is 5. The van der Waals surface area contributed by atoms with Crippen LogP contribution < -0.4 is 5.32 Å². The standard InChI is InChI=1S/C68H129NO5/c1-3-5-7-9-11-13-15-17-19-20-21-23-26-29-33-36-40-44-48-52-56-60-66(71)65(64-70)69-67(72)61-57-53-49-45-41-37-34-30-27-24-22-25-28-31-35-39-43-47-51-55-59-63-74-68(73)62-58-54-50-46-42-38-32-18-16-14-12-10-8-6-4-2/h18,24,27,32,56,60,65-66,70-71H,3-17,19-23,25-26,28-31,33-55,57-59,61-64H2,1-2H3,(H,69,72)/b27-24-,32-18-,60-56+. The Hall–Kier alpha value is -1.92. The van der Waals surface area contributed by atoms with Gasteiger partial charge >= 0.3 is 5.97 Å². The number of amides is 1. The lowest BCUT2D eigenvalue weighted by molar-refractivity contribution is -0.143. The Morgan fingerprint density at radius 1 is 0.365 bits per heavy atom. The van der Waals surface area contributed by atoms with Gasteiger partial charge in [-0.2, -0.15) is 0 Å². The molecule has 0 aromatic rings. The van der Waals surface area contributed by atoms with Crippen LogP contribution >= 0.6 is 0 Å². The van der Waals surface area contributed by atoms with E-state index in [-0.39, 0.29) is 18.5 Å². The molecule has 74 heavy (non-hydrogen) atoms. The molecule has 0 rings (SSSR count). The molecule has 0 aromatic carbocycles. The fraction of sp³-hybridized carbons (Fsp3) is 0.882. The van der Waals surface area contributed by atoms with E-state index in [0.717, 1.165) is 51.4 Å². The molecule has 0 aliphatic heterocycles. The molecule has 436 valence electrons. The summed E-state index contributed by atoms with van der Waals surface area (Å²) in [6.45, 7) is 4.91. The summed E-state index contributed by atoms with van der Waals surface area (Å²) in [5.41, 5.74) is 0. The summed E-state index contributed by atoms with van der Waals surface area (Å²) in [7, 11) is 0. The highest BCUT2D eigenvalue weighted by molar-refractivity contribution is 5.76. The second kappa shape index (κ2) is 63.6. The molecule has 0 radical (unpaired) electrons. The van der Waals surface area contributed by atoms with Crippen LogP contribution in [-0.2, 0) is 14.3 Å². The normalized spacial score (nSPS) is 12.8. The van der Waals surface area contributed by atoms with E-state index in [1.807, 2.05) is 6.08 Å². The van der Waals surface area contributed by atoms with Gasteiger partial charge in [0.05, 0.1) is 25.4 Å². The maximum Gasteiger partial charge on any atom is 0.305 e. The maximum absolute atomic E-state index is 12.5. The van der Waals surface area contributed by atoms with Gasteiger partial charge in [0.1, 0.15) is 0 Å². The van der Waals surface area contributed by atoms with Crippen LogP contribution in [0.1, 0.15) is 361 Å². The first-order chi connectivity index (χ1) is 36.5. The largest absolute Gasteiger partial charge is 0.466 e. The van der Waals surface area contributed by atoms with Crippen molar-refractivity contribution in [1.82, 2.24) is 5.32 Å². The van der Waals surface area contributed by atoms with Gasteiger partial charge in [0, 0.05) is 12.8 Å². The monoisotopic (exact) mass is 1040 g/mol. The molecule has 0 bridgehead atoms. The molecule has 0 aromatic heterocycles. The average Bonchev–Trinajstić information content (AvgIpc) is 3.40. The predicted molar refractivity (Wildman–Crippen MR) is 324 cm³/mol. The number of rotatable bonds is 62. The van der Waals surface area contributed by atoms with Crippen LogP contribution in [0.4, 0.5) is 0 Å². The summed E-state index contributed by atoms with van der Waals surface area (Å²) in [5.74, 6) is -0.0729. The van der Waals surface area contributed by atoms with E-state index in [1.165, 1.54) is 283 Å². The minimum atomic E-state index is -0.851. The Morgan fingerprint density at radius 3 is 0.959 bits per heavy atom. The van der Waals surface area contributed by atoms with Gasteiger partial charge in [0.15, 0.2) is 0 Å². The maximum atomic E-state index is 12.5. The van der Waals surface area contributed by atoms with Gasteiger partial charge in [-0.3, -0.25) is 9.59 Å². The molecule has 6 heteroatoms. The quantitative estimate of drug-likeness (QED) is 0.0320. The highest BCUT2D eigenvalue weighted by Gasteiger charge is 2.18. The van der Waals surface area contributed by atoms with Gasteiger partial charge in [-0.15, -0.1) is 0 Å². The molecule has 3 N–H and O–H groups in total. The average molecular weight is 1040 g/mol. The number of unbranched alkanes of at least 4 members (excludes halogenated alkanes) is 47. The van der Waals surface area contributed by atoms with E-state index in [4.69, 9.17) is 4.74 Å². The first-order valence-corrected chi connectivity index (χ1v) is 33.3. The fourth-order valence-corrected chi connectivity index (χ4v) is 10.3. The van der Waals surface area contributed by atoms with Crippen molar-refractivity contribution in [2.45, 2.75) is 373 Å². The minimum absolute atomic E-state index is 0.0000229. The van der Waals surface area contributed by atoms with Gasteiger partial charge in [0.25, 0.3) is 0 Å². The highest BCUT2D eigenvalue weighted by atomic mass is 16.5. The van der Waals surface area contributed by atoms with Gasteiger partial charge < -0.3 is 20.3 Å². The summed E-state index contributed by atoms with van der Waals surface area (Å²) in [4.78, 5) is 24.6. The molecule has 2 atom stereocenters. The third-order valence-electron chi connectivity index (χ3n) is 15.4. The highest BCUT2D eigenvalue weighted by Crippen LogP contribution is 2.17. The van der Waals surface area contributed by atoms with Gasteiger partial charge in [-0.25, -0.2) is 0 Å². The Kier molecular flexibility index (Phi) is 62.0. The smallest absolute Gasteiger partial charge is 0.305 e. The number of ether oxygens (including phenoxy) is 1. The molecule has 0 fully saturated rings. The molecule has 0 aliphatic carbocycles. The number of hydrogen-bond donors (Lipinski definition) is 3. The van der Waals surface area contributed by atoms with Crippen LogP contribution in [0, 0.1) is 0 Å².